The summed E-state index contributed by atoms with van der Waals surface area (Å²) >= 11 is 0. The Morgan fingerprint density at radius 1 is 1.58 bits per heavy atom. The largest absolute Gasteiger partial charge is 0.387 e. The third kappa shape index (κ3) is 7.50. The highest BCUT2D eigenvalue weighted by molar-refractivity contribution is 5.78. The van der Waals surface area contributed by atoms with Gasteiger partial charge in [0.05, 0.1) is 19.3 Å². The summed E-state index contributed by atoms with van der Waals surface area (Å²) in [4.78, 5) is 1.96. The first-order chi connectivity index (χ1) is 5.52. The molecule has 4 heteroatoms. The molecule has 0 aromatic heterocycles. The van der Waals surface area contributed by atoms with Crippen LogP contribution >= 0.6 is 0 Å². The standard InChI is InChI=1S/C8H19N3O/c1-7(2)12-5-4-11(3)6-8(9)10/h7H,4-6H2,1-3H3,(H3,9,10). The van der Waals surface area contributed by atoms with Crippen LogP contribution in [0.4, 0.5) is 0 Å². The number of nitrogens with one attached hydrogen (secondary N) is 1. The number of likely N-dealkylation sites (N-methyl/N-ethyl adjacent to an activating group) is 1. The summed E-state index contributed by atoms with van der Waals surface area (Å²) in [7, 11) is 1.92. The van der Waals surface area contributed by atoms with E-state index in [4.69, 9.17) is 15.9 Å². The third-order valence-electron chi connectivity index (χ3n) is 1.36. The summed E-state index contributed by atoms with van der Waals surface area (Å²) < 4.78 is 5.34. The summed E-state index contributed by atoms with van der Waals surface area (Å²) in [5.74, 6) is 0.196. The molecule has 0 fully saturated rings. The van der Waals surface area contributed by atoms with E-state index in [1.807, 2.05) is 25.8 Å². The van der Waals surface area contributed by atoms with Gasteiger partial charge in [-0.15, -0.1) is 0 Å². The van der Waals surface area contributed by atoms with Gasteiger partial charge in [-0.1, -0.05) is 0 Å². The van der Waals surface area contributed by atoms with Gasteiger partial charge in [0.1, 0.15) is 5.84 Å². The number of amidine groups is 1. The van der Waals surface area contributed by atoms with Gasteiger partial charge in [-0.3, -0.25) is 10.3 Å². The molecule has 72 valence electrons. The zero-order chi connectivity index (χ0) is 9.56. The van der Waals surface area contributed by atoms with Gasteiger partial charge in [-0.2, -0.15) is 0 Å². The van der Waals surface area contributed by atoms with E-state index in [1.165, 1.54) is 0 Å². The SMILES string of the molecule is CC(C)OCCN(C)CC(=N)N. The predicted molar refractivity (Wildman–Crippen MR) is 50.5 cm³/mol. The van der Waals surface area contributed by atoms with Crippen LogP contribution in [-0.4, -0.2) is 43.6 Å². The van der Waals surface area contributed by atoms with Crippen LogP contribution in [0.2, 0.25) is 0 Å². The molecule has 12 heavy (non-hydrogen) atoms. The molecule has 3 N–H and O–H groups in total. The van der Waals surface area contributed by atoms with Crippen molar-refractivity contribution < 1.29 is 4.74 Å². The number of hydrogen-bond acceptors (Lipinski definition) is 3. The Hall–Kier alpha value is -0.610. The molecule has 0 aliphatic heterocycles. The maximum Gasteiger partial charge on any atom is 0.105 e. The maximum absolute atomic E-state index is 7.04. The van der Waals surface area contributed by atoms with E-state index in [0.717, 1.165) is 6.54 Å². The molecule has 0 spiro atoms. The highest BCUT2D eigenvalue weighted by Crippen LogP contribution is 1.88. The van der Waals surface area contributed by atoms with Gasteiger partial charge >= 0.3 is 0 Å². The smallest absolute Gasteiger partial charge is 0.105 e. The van der Waals surface area contributed by atoms with Gasteiger partial charge in [0.15, 0.2) is 0 Å². The van der Waals surface area contributed by atoms with E-state index in [0.29, 0.717) is 13.2 Å². The van der Waals surface area contributed by atoms with Crippen molar-refractivity contribution in [1.82, 2.24) is 4.90 Å². The second kappa shape index (κ2) is 5.97. The topological polar surface area (TPSA) is 62.3 Å². The lowest BCUT2D eigenvalue weighted by atomic mass is 10.4. The fourth-order valence-corrected chi connectivity index (χ4v) is 0.814. The van der Waals surface area contributed by atoms with Gasteiger partial charge in [0, 0.05) is 6.54 Å². The maximum atomic E-state index is 7.04. The van der Waals surface area contributed by atoms with Crippen molar-refractivity contribution in [3.8, 4) is 0 Å². The average Bonchev–Trinajstić information content (AvgIpc) is 1.84. The Bertz CT molecular complexity index is 136. The molecule has 4 nitrogen and oxygen atoms in total. The van der Waals surface area contributed by atoms with E-state index in [2.05, 4.69) is 0 Å². The van der Waals surface area contributed by atoms with Crippen molar-refractivity contribution >= 4 is 5.84 Å². The molecule has 0 radical (unpaired) electrons. The van der Waals surface area contributed by atoms with Crippen LogP contribution in [0.1, 0.15) is 13.8 Å². The molecule has 0 rings (SSSR count). The normalized spacial score (nSPS) is 11.1. The van der Waals surface area contributed by atoms with E-state index < -0.39 is 0 Å². The van der Waals surface area contributed by atoms with Crippen molar-refractivity contribution in [2.45, 2.75) is 20.0 Å². The second-order valence-corrected chi connectivity index (χ2v) is 3.18. The van der Waals surface area contributed by atoms with E-state index in [-0.39, 0.29) is 11.9 Å². The van der Waals surface area contributed by atoms with Crippen molar-refractivity contribution in [2.75, 3.05) is 26.7 Å². The van der Waals surface area contributed by atoms with Crippen LogP contribution in [0.15, 0.2) is 0 Å². The molecule has 0 unspecified atom stereocenters. The van der Waals surface area contributed by atoms with Crippen LogP contribution < -0.4 is 5.73 Å². The molecule has 0 aromatic carbocycles. The molecule has 0 aliphatic carbocycles. The average molecular weight is 173 g/mol. The molecule has 0 amide bonds. The minimum atomic E-state index is 0.196. The lowest BCUT2D eigenvalue weighted by Crippen LogP contribution is -2.32. The summed E-state index contributed by atoms with van der Waals surface area (Å²) in [5.41, 5.74) is 5.23. The Kier molecular flexibility index (Phi) is 5.66. The lowest BCUT2D eigenvalue weighted by Gasteiger charge is -2.16. The Morgan fingerprint density at radius 3 is 2.58 bits per heavy atom. The molecule has 0 heterocycles. The zero-order valence-corrected chi connectivity index (χ0v) is 8.13. The van der Waals surface area contributed by atoms with Gasteiger partial charge in [-0.25, -0.2) is 0 Å². The van der Waals surface area contributed by atoms with E-state index in [1.54, 1.807) is 0 Å². The molecule has 0 bridgehead atoms. The van der Waals surface area contributed by atoms with Crippen molar-refractivity contribution in [3.63, 3.8) is 0 Å². The number of nitrogens with two attached hydrogens (primary N) is 1. The molecule has 0 aliphatic rings. The summed E-state index contributed by atoms with van der Waals surface area (Å²) in [6.07, 6.45) is 0.274. The lowest BCUT2D eigenvalue weighted by molar-refractivity contribution is 0.0662. The van der Waals surface area contributed by atoms with Crippen LogP contribution in [0.25, 0.3) is 0 Å². The van der Waals surface area contributed by atoms with Crippen LogP contribution in [0.5, 0.6) is 0 Å². The fourth-order valence-electron chi connectivity index (χ4n) is 0.814. The first-order valence-electron chi connectivity index (χ1n) is 4.15. The van der Waals surface area contributed by atoms with Crippen LogP contribution in [-0.2, 0) is 4.74 Å². The van der Waals surface area contributed by atoms with Gasteiger partial charge in [-0.05, 0) is 20.9 Å². The highest BCUT2D eigenvalue weighted by Gasteiger charge is 2.00. The van der Waals surface area contributed by atoms with E-state index in [9.17, 15) is 0 Å². The van der Waals surface area contributed by atoms with Gasteiger partial charge < -0.3 is 10.5 Å². The van der Waals surface area contributed by atoms with Gasteiger partial charge in [0.2, 0.25) is 0 Å². The number of ether oxygens (including phenoxy) is 1. The first-order valence-corrected chi connectivity index (χ1v) is 4.15. The predicted octanol–water partition coefficient (Wildman–Crippen LogP) is 0.279. The molecule has 0 saturated carbocycles. The molecule has 0 saturated heterocycles. The molecule has 0 aromatic rings. The number of hydrogen-bond donors (Lipinski definition) is 2. The third-order valence-corrected chi connectivity index (χ3v) is 1.36. The number of rotatable bonds is 6. The molecular weight excluding hydrogens is 154 g/mol. The van der Waals surface area contributed by atoms with Crippen molar-refractivity contribution in [2.24, 2.45) is 5.73 Å². The minimum absolute atomic E-state index is 0.196. The van der Waals surface area contributed by atoms with Crippen LogP contribution in [0.3, 0.4) is 0 Å². The second-order valence-electron chi connectivity index (χ2n) is 3.18. The summed E-state index contributed by atoms with van der Waals surface area (Å²) in [5, 5.41) is 7.04. The molecule has 0 atom stereocenters. The Balaban J connectivity index is 3.31. The Labute approximate surface area is 74.2 Å². The van der Waals surface area contributed by atoms with Gasteiger partial charge in [0.25, 0.3) is 0 Å². The van der Waals surface area contributed by atoms with Crippen LogP contribution in [0, 0.1) is 5.41 Å². The number of nitrogens with zero attached hydrogens (tertiary/aromatic N) is 1. The minimum Gasteiger partial charge on any atom is -0.387 e. The monoisotopic (exact) mass is 173 g/mol. The highest BCUT2D eigenvalue weighted by atomic mass is 16.5. The quantitative estimate of drug-likeness (QED) is 0.448. The zero-order valence-electron chi connectivity index (χ0n) is 8.13. The Morgan fingerprint density at radius 2 is 2.17 bits per heavy atom. The van der Waals surface area contributed by atoms with E-state index >= 15 is 0 Å². The summed E-state index contributed by atoms with van der Waals surface area (Å²) in [6, 6.07) is 0. The summed E-state index contributed by atoms with van der Waals surface area (Å²) in [6.45, 7) is 6.04. The van der Waals surface area contributed by atoms with Crippen molar-refractivity contribution in [1.29, 1.82) is 5.41 Å². The molecular formula is C8H19N3O. The first kappa shape index (κ1) is 11.4. The van der Waals surface area contributed by atoms with Crippen molar-refractivity contribution in [3.05, 3.63) is 0 Å². The fraction of sp³-hybridized carbons (Fsp3) is 0.875.